The zero-order chi connectivity index (χ0) is 26.6. The molecule has 0 saturated carbocycles. The molecule has 0 radical (unpaired) electrons. The highest BCUT2D eigenvalue weighted by Gasteiger charge is 2.26. The standard InChI is InChI=1S/C26H25ClN4O4S2/c1-2-31-25(33)23(15-18-9-11-19(27)12-10-18)36-26(31)22(17-28)24(32)29-20-7-6-8-21(16-20)37(34,35)30-13-4-3-5-14-30/h6-12,15-16H,2-5,13-14H2,1H3,(H,29,32)/b23-15+,26-22-. The van der Waals surface area contributed by atoms with Crippen molar-refractivity contribution >= 4 is 56.2 Å². The number of piperidine rings is 1. The summed E-state index contributed by atoms with van der Waals surface area (Å²) in [5.41, 5.74) is 0.453. The van der Waals surface area contributed by atoms with Crippen molar-refractivity contribution in [1.82, 2.24) is 8.87 Å². The number of aromatic nitrogens is 1. The molecule has 1 amide bonds. The minimum Gasteiger partial charge on any atom is -0.321 e. The van der Waals surface area contributed by atoms with Gasteiger partial charge in [-0.2, -0.15) is 9.57 Å². The summed E-state index contributed by atoms with van der Waals surface area (Å²) < 4.78 is 29.5. The van der Waals surface area contributed by atoms with E-state index in [9.17, 15) is 23.3 Å². The van der Waals surface area contributed by atoms with Crippen molar-refractivity contribution in [3.63, 3.8) is 0 Å². The lowest BCUT2D eigenvalue weighted by molar-refractivity contribution is -0.111. The number of hydrogen-bond acceptors (Lipinski definition) is 6. The summed E-state index contributed by atoms with van der Waals surface area (Å²) in [5, 5.41) is 13.0. The van der Waals surface area contributed by atoms with Crippen molar-refractivity contribution in [2.75, 3.05) is 18.4 Å². The predicted octanol–water partition coefficient (Wildman–Crippen LogP) is 2.90. The molecule has 2 heterocycles. The van der Waals surface area contributed by atoms with Crippen molar-refractivity contribution in [3.8, 4) is 6.07 Å². The van der Waals surface area contributed by atoms with Crippen LogP contribution in [0.2, 0.25) is 5.02 Å². The highest BCUT2D eigenvalue weighted by molar-refractivity contribution is 7.89. The molecule has 1 aromatic heterocycles. The number of halogens is 1. The van der Waals surface area contributed by atoms with Gasteiger partial charge in [0.05, 0.1) is 9.43 Å². The molecule has 4 rings (SSSR count). The number of thiazole rings is 1. The fraction of sp³-hybridized carbons (Fsp3) is 0.269. The third kappa shape index (κ3) is 5.86. The van der Waals surface area contributed by atoms with E-state index in [4.69, 9.17) is 11.6 Å². The third-order valence-corrected chi connectivity index (χ3v) is 9.27. The van der Waals surface area contributed by atoms with E-state index in [1.165, 1.54) is 21.0 Å². The number of anilines is 1. The van der Waals surface area contributed by atoms with Crippen LogP contribution in [0, 0.1) is 11.3 Å². The summed E-state index contributed by atoms with van der Waals surface area (Å²) in [5.74, 6) is -0.725. The summed E-state index contributed by atoms with van der Waals surface area (Å²) in [6.45, 7) is 2.95. The van der Waals surface area contributed by atoms with Crippen LogP contribution in [0.15, 0.2) is 58.2 Å². The molecule has 11 heteroatoms. The van der Waals surface area contributed by atoms with E-state index >= 15 is 0 Å². The Morgan fingerprint density at radius 1 is 1.16 bits per heavy atom. The fourth-order valence-electron chi connectivity index (χ4n) is 4.08. The fourth-order valence-corrected chi connectivity index (χ4v) is 6.93. The van der Waals surface area contributed by atoms with Gasteiger partial charge < -0.3 is 5.32 Å². The number of carbonyl (C=O) groups is 1. The Balaban J connectivity index is 1.70. The van der Waals surface area contributed by atoms with Crippen LogP contribution in [0.1, 0.15) is 31.7 Å². The van der Waals surface area contributed by atoms with Crippen LogP contribution in [-0.2, 0) is 21.4 Å². The van der Waals surface area contributed by atoms with Gasteiger partial charge in [-0.05, 0) is 61.7 Å². The number of nitriles is 1. The smallest absolute Gasteiger partial charge is 0.269 e. The van der Waals surface area contributed by atoms with Crippen LogP contribution in [0.3, 0.4) is 0 Å². The molecule has 0 spiro atoms. The van der Waals surface area contributed by atoms with Crippen molar-refractivity contribution < 1.29 is 13.2 Å². The Morgan fingerprint density at radius 3 is 2.51 bits per heavy atom. The molecular formula is C26H25ClN4O4S2. The van der Waals surface area contributed by atoms with Crippen LogP contribution >= 0.6 is 22.9 Å². The summed E-state index contributed by atoms with van der Waals surface area (Å²) in [4.78, 5) is 26.2. The number of amides is 1. The summed E-state index contributed by atoms with van der Waals surface area (Å²) >= 11 is 6.98. The molecule has 3 aromatic rings. The Labute approximate surface area is 223 Å². The highest BCUT2D eigenvalue weighted by Crippen LogP contribution is 2.23. The molecular weight excluding hydrogens is 532 g/mol. The summed E-state index contributed by atoms with van der Waals surface area (Å²) in [6, 6.07) is 14.9. The Hall–Kier alpha value is -3.23. The van der Waals surface area contributed by atoms with Gasteiger partial charge in [0, 0.05) is 30.3 Å². The molecule has 1 aliphatic heterocycles. The van der Waals surface area contributed by atoms with Crippen LogP contribution in [0.25, 0.3) is 11.6 Å². The lowest BCUT2D eigenvalue weighted by Gasteiger charge is -2.26. The molecule has 1 saturated heterocycles. The quantitative estimate of drug-likeness (QED) is 0.502. The molecule has 1 N–H and O–H groups in total. The second kappa shape index (κ2) is 11.4. The number of sulfonamides is 1. The van der Waals surface area contributed by atoms with Gasteiger partial charge >= 0.3 is 0 Å². The topological polar surface area (TPSA) is 112 Å². The number of rotatable bonds is 6. The average Bonchev–Trinajstić information content (AvgIpc) is 3.20. The average molecular weight is 557 g/mol. The van der Waals surface area contributed by atoms with E-state index in [0.29, 0.717) is 22.6 Å². The van der Waals surface area contributed by atoms with E-state index in [2.05, 4.69) is 5.32 Å². The van der Waals surface area contributed by atoms with Crippen molar-refractivity contribution in [1.29, 1.82) is 5.26 Å². The number of nitrogens with one attached hydrogen (secondary N) is 1. The zero-order valence-electron chi connectivity index (χ0n) is 20.1. The lowest BCUT2D eigenvalue weighted by atomic mass is 10.2. The van der Waals surface area contributed by atoms with E-state index in [1.54, 1.807) is 49.4 Å². The molecule has 0 atom stereocenters. The SMILES string of the molecule is CCn1c(=O)/c(=C\c2ccc(Cl)cc2)s/c1=C(/C#N)C(=O)Nc1cccc(S(=O)(=O)N2CCCCC2)c1. The Kier molecular flexibility index (Phi) is 8.29. The monoisotopic (exact) mass is 556 g/mol. The van der Waals surface area contributed by atoms with Gasteiger partial charge in [0.15, 0.2) is 5.57 Å². The first kappa shape index (κ1) is 26.8. The molecule has 192 valence electrons. The van der Waals surface area contributed by atoms with Gasteiger partial charge in [-0.25, -0.2) is 8.42 Å². The minimum atomic E-state index is -3.69. The highest BCUT2D eigenvalue weighted by atomic mass is 35.5. The first-order valence-corrected chi connectivity index (χ1v) is 14.4. The van der Waals surface area contributed by atoms with Gasteiger partial charge in [0.25, 0.3) is 11.5 Å². The van der Waals surface area contributed by atoms with Gasteiger partial charge in [0.1, 0.15) is 10.7 Å². The van der Waals surface area contributed by atoms with Crippen molar-refractivity contribution in [3.05, 3.63) is 78.7 Å². The van der Waals surface area contributed by atoms with E-state index in [-0.39, 0.29) is 32.9 Å². The van der Waals surface area contributed by atoms with Crippen molar-refractivity contribution in [2.45, 2.75) is 37.6 Å². The molecule has 1 fully saturated rings. The maximum atomic E-state index is 13.1. The van der Waals surface area contributed by atoms with Gasteiger partial charge in [0.2, 0.25) is 10.0 Å². The van der Waals surface area contributed by atoms with Crippen molar-refractivity contribution in [2.24, 2.45) is 0 Å². The van der Waals surface area contributed by atoms with Crippen LogP contribution in [-0.4, -0.2) is 36.3 Å². The largest absolute Gasteiger partial charge is 0.321 e. The van der Waals surface area contributed by atoms with Crippen LogP contribution < -0.4 is 20.1 Å². The van der Waals surface area contributed by atoms with Crippen LogP contribution in [0.5, 0.6) is 0 Å². The number of hydrogen-bond donors (Lipinski definition) is 1. The molecule has 0 bridgehead atoms. The first-order chi connectivity index (χ1) is 17.7. The third-order valence-electron chi connectivity index (χ3n) is 5.99. The Morgan fingerprint density at radius 2 is 1.86 bits per heavy atom. The Bertz CT molecular complexity index is 1650. The van der Waals surface area contributed by atoms with Crippen LogP contribution in [0.4, 0.5) is 5.69 Å². The van der Waals surface area contributed by atoms with Gasteiger partial charge in [-0.1, -0.05) is 36.2 Å². The summed E-state index contributed by atoms with van der Waals surface area (Å²) in [7, 11) is -3.69. The number of benzene rings is 2. The zero-order valence-corrected chi connectivity index (χ0v) is 22.5. The maximum Gasteiger partial charge on any atom is 0.269 e. The second-order valence-electron chi connectivity index (χ2n) is 8.45. The summed E-state index contributed by atoms with van der Waals surface area (Å²) in [6.07, 6.45) is 4.31. The van der Waals surface area contributed by atoms with Gasteiger partial charge in [-0.3, -0.25) is 14.2 Å². The van der Waals surface area contributed by atoms with E-state index in [1.807, 2.05) is 6.07 Å². The number of carbonyl (C=O) groups excluding carboxylic acids is 1. The predicted molar refractivity (Wildman–Crippen MR) is 145 cm³/mol. The second-order valence-corrected chi connectivity index (χ2v) is 11.9. The molecule has 0 unspecified atom stereocenters. The molecule has 8 nitrogen and oxygen atoms in total. The number of nitrogens with zero attached hydrogens (tertiary/aromatic N) is 3. The molecule has 0 aliphatic carbocycles. The molecule has 2 aromatic carbocycles. The van der Waals surface area contributed by atoms with Gasteiger partial charge in [-0.15, -0.1) is 11.3 Å². The maximum absolute atomic E-state index is 13.1. The lowest BCUT2D eigenvalue weighted by Crippen LogP contribution is -2.35. The molecule has 1 aliphatic rings. The van der Waals surface area contributed by atoms with E-state index in [0.717, 1.165) is 36.2 Å². The first-order valence-electron chi connectivity index (χ1n) is 11.8. The van der Waals surface area contributed by atoms with E-state index < -0.39 is 15.9 Å². The minimum absolute atomic E-state index is 0.0761. The normalized spacial score (nSPS) is 15.8. The molecule has 37 heavy (non-hydrogen) atoms.